The number of methoxy groups -OCH3 is 1. The second kappa shape index (κ2) is 8.52. The van der Waals surface area contributed by atoms with Crippen LogP contribution in [0.25, 0.3) is 11.0 Å². The molecule has 132 valence electrons. The standard InChI is InChI=1S/C19H18N4O2S/c1-25-10-9-23-17-8-3-2-7-16(17)22-19(23)26-13-18(24)21-15-6-4-5-14(11-15)12-20/h2-8,11H,9-10,13H2,1H3,(H,21,24). The first-order valence-corrected chi connectivity index (χ1v) is 9.07. The minimum Gasteiger partial charge on any atom is -0.383 e. The Bertz CT molecular complexity index is 962. The Morgan fingerprint density at radius 1 is 1.31 bits per heavy atom. The Hall–Kier alpha value is -2.82. The molecular formula is C19H18N4O2S. The van der Waals surface area contributed by atoms with Crippen molar-refractivity contribution in [3.05, 3.63) is 54.1 Å². The van der Waals surface area contributed by atoms with Crippen LogP contribution in [0.4, 0.5) is 5.69 Å². The summed E-state index contributed by atoms with van der Waals surface area (Å²) in [6, 6.07) is 16.8. The second-order valence-electron chi connectivity index (χ2n) is 5.56. The van der Waals surface area contributed by atoms with E-state index in [1.54, 1.807) is 31.4 Å². The Kier molecular flexibility index (Phi) is 5.89. The van der Waals surface area contributed by atoms with E-state index in [-0.39, 0.29) is 11.7 Å². The maximum atomic E-state index is 12.2. The normalized spacial score (nSPS) is 10.6. The zero-order valence-electron chi connectivity index (χ0n) is 14.3. The van der Waals surface area contributed by atoms with Crippen LogP contribution < -0.4 is 5.32 Å². The molecule has 6 nitrogen and oxygen atoms in total. The van der Waals surface area contributed by atoms with Gasteiger partial charge in [-0.1, -0.05) is 30.0 Å². The zero-order chi connectivity index (χ0) is 18.4. The lowest BCUT2D eigenvalue weighted by molar-refractivity contribution is -0.113. The van der Waals surface area contributed by atoms with E-state index in [0.29, 0.717) is 24.4 Å². The van der Waals surface area contributed by atoms with Crippen LogP contribution >= 0.6 is 11.8 Å². The van der Waals surface area contributed by atoms with Gasteiger partial charge in [-0.15, -0.1) is 0 Å². The number of nitriles is 1. The molecule has 0 spiro atoms. The summed E-state index contributed by atoms with van der Waals surface area (Å²) in [5, 5.41) is 12.5. The topological polar surface area (TPSA) is 79.9 Å². The van der Waals surface area contributed by atoms with Gasteiger partial charge in [0, 0.05) is 19.3 Å². The first-order valence-electron chi connectivity index (χ1n) is 8.08. The molecule has 1 aromatic heterocycles. The van der Waals surface area contributed by atoms with E-state index in [4.69, 9.17) is 10.00 Å². The van der Waals surface area contributed by atoms with Gasteiger partial charge in [-0.2, -0.15) is 5.26 Å². The van der Waals surface area contributed by atoms with Gasteiger partial charge in [-0.3, -0.25) is 4.79 Å². The van der Waals surface area contributed by atoms with Gasteiger partial charge in [-0.05, 0) is 30.3 Å². The van der Waals surface area contributed by atoms with Crippen molar-refractivity contribution in [1.29, 1.82) is 5.26 Å². The highest BCUT2D eigenvalue weighted by Crippen LogP contribution is 2.24. The maximum absolute atomic E-state index is 12.2. The molecule has 26 heavy (non-hydrogen) atoms. The lowest BCUT2D eigenvalue weighted by Gasteiger charge is -2.08. The molecule has 0 aliphatic carbocycles. The van der Waals surface area contributed by atoms with Gasteiger partial charge in [-0.25, -0.2) is 4.98 Å². The lowest BCUT2D eigenvalue weighted by Crippen LogP contribution is -2.15. The molecule has 1 heterocycles. The number of benzene rings is 2. The molecule has 0 atom stereocenters. The van der Waals surface area contributed by atoms with Crippen LogP contribution in [0.5, 0.6) is 0 Å². The molecule has 0 aliphatic rings. The number of carbonyl (C=O) groups excluding carboxylic acids is 1. The van der Waals surface area contributed by atoms with Gasteiger partial charge >= 0.3 is 0 Å². The molecule has 0 bridgehead atoms. The van der Waals surface area contributed by atoms with Crippen LogP contribution in [0.3, 0.4) is 0 Å². The fourth-order valence-corrected chi connectivity index (χ4v) is 3.40. The number of aromatic nitrogens is 2. The van der Waals surface area contributed by atoms with Crippen molar-refractivity contribution in [2.45, 2.75) is 11.7 Å². The number of nitrogens with one attached hydrogen (secondary N) is 1. The summed E-state index contributed by atoms with van der Waals surface area (Å²) in [5.74, 6) is 0.0861. The zero-order valence-corrected chi connectivity index (χ0v) is 15.1. The van der Waals surface area contributed by atoms with E-state index >= 15 is 0 Å². The molecular weight excluding hydrogens is 348 g/mol. The Balaban J connectivity index is 1.70. The number of fused-ring (bicyclic) bond motifs is 1. The summed E-state index contributed by atoms with van der Waals surface area (Å²) in [6.45, 7) is 1.24. The average Bonchev–Trinajstić information content (AvgIpc) is 3.02. The van der Waals surface area contributed by atoms with Crippen LogP contribution in [-0.4, -0.2) is 34.9 Å². The first kappa shape index (κ1) is 18.0. The molecule has 3 rings (SSSR count). The quantitative estimate of drug-likeness (QED) is 0.649. The van der Waals surface area contributed by atoms with Crippen LogP contribution in [-0.2, 0) is 16.1 Å². The molecule has 0 unspecified atom stereocenters. The molecule has 3 aromatic rings. The van der Waals surface area contributed by atoms with E-state index < -0.39 is 0 Å². The predicted octanol–water partition coefficient (Wildman–Crippen LogP) is 3.29. The highest BCUT2D eigenvalue weighted by atomic mass is 32.2. The summed E-state index contributed by atoms with van der Waals surface area (Å²) in [4.78, 5) is 16.9. The van der Waals surface area contributed by atoms with Crippen molar-refractivity contribution in [1.82, 2.24) is 9.55 Å². The van der Waals surface area contributed by atoms with Gasteiger partial charge in [0.1, 0.15) is 0 Å². The smallest absolute Gasteiger partial charge is 0.234 e. The third kappa shape index (κ3) is 4.23. The minimum atomic E-state index is -0.143. The number of carbonyl (C=O) groups is 1. The van der Waals surface area contributed by atoms with Crippen LogP contribution in [0.15, 0.2) is 53.7 Å². The summed E-state index contributed by atoms with van der Waals surface area (Å²) in [7, 11) is 1.66. The number of ether oxygens (including phenoxy) is 1. The molecule has 2 aromatic carbocycles. The van der Waals surface area contributed by atoms with Crippen molar-refractivity contribution in [2.24, 2.45) is 0 Å². The third-order valence-electron chi connectivity index (χ3n) is 3.75. The molecule has 0 fully saturated rings. The number of para-hydroxylation sites is 2. The molecule has 0 aliphatic heterocycles. The Morgan fingerprint density at radius 3 is 2.96 bits per heavy atom. The van der Waals surface area contributed by atoms with Crippen molar-refractivity contribution in [2.75, 3.05) is 24.8 Å². The molecule has 0 radical (unpaired) electrons. The molecule has 1 amide bonds. The number of amides is 1. The number of anilines is 1. The maximum Gasteiger partial charge on any atom is 0.234 e. The van der Waals surface area contributed by atoms with Crippen LogP contribution in [0, 0.1) is 11.3 Å². The molecule has 0 saturated heterocycles. The Labute approximate surface area is 155 Å². The van der Waals surface area contributed by atoms with E-state index in [1.807, 2.05) is 24.3 Å². The molecule has 0 saturated carbocycles. The number of thioether (sulfide) groups is 1. The summed E-state index contributed by atoms with van der Waals surface area (Å²) < 4.78 is 7.24. The van der Waals surface area contributed by atoms with E-state index in [2.05, 4.69) is 20.9 Å². The summed E-state index contributed by atoms with van der Waals surface area (Å²) in [6.07, 6.45) is 0. The highest BCUT2D eigenvalue weighted by Gasteiger charge is 2.13. The van der Waals surface area contributed by atoms with Gasteiger partial charge in [0.15, 0.2) is 5.16 Å². The van der Waals surface area contributed by atoms with Crippen molar-refractivity contribution in [3.63, 3.8) is 0 Å². The van der Waals surface area contributed by atoms with Crippen molar-refractivity contribution < 1.29 is 9.53 Å². The summed E-state index contributed by atoms with van der Waals surface area (Å²) in [5.41, 5.74) is 3.04. The van der Waals surface area contributed by atoms with Gasteiger partial charge < -0.3 is 14.6 Å². The second-order valence-corrected chi connectivity index (χ2v) is 6.50. The number of imidazole rings is 1. The first-order chi connectivity index (χ1) is 12.7. The number of rotatable bonds is 7. The lowest BCUT2D eigenvalue weighted by atomic mass is 10.2. The van der Waals surface area contributed by atoms with E-state index in [0.717, 1.165) is 16.2 Å². The number of nitrogens with zero attached hydrogens (tertiary/aromatic N) is 3. The van der Waals surface area contributed by atoms with E-state index in [1.165, 1.54) is 11.8 Å². The minimum absolute atomic E-state index is 0.143. The van der Waals surface area contributed by atoms with Crippen molar-refractivity contribution >= 4 is 34.4 Å². The molecule has 7 heteroatoms. The number of hydrogen-bond donors (Lipinski definition) is 1. The van der Waals surface area contributed by atoms with Crippen molar-refractivity contribution in [3.8, 4) is 6.07 Å². The number of hydrogen-bond acceptors (Lipinski definition) is 5. The fraction of sp³-hybridized carbons (Fsp3) is 0.211. The monoisotopic (exact) mass is 366 g/mol. The van der Waals surface area contributed by atoms with Crippen LogP contribution in [0.1, 0.15) is 5.56 Å². The highest BCUT2D eigenvalue weighted by molar-refractivity contribution is 7.99. The fourth-order valence-electron chi connectivity index (χ4n) is 2.56. The van der Waals surface area contributed by atoms with E-state index in [9.17, 15) is 4.79 Å². The SMILES string of the molecule is COCCn1c(SCC(=O)Nc2cccc(C#N)c2)nc2ccccc21. The van der Waals surface area contributed by atoms with Gasteiger partial charge in [0.05, 0.1) is 35.0 Å². The van der Waals surface area contributed by atoms with Gasteiger partial charge in [0.25, 0.3) is 0 Å². The largest absolute Gasteiger partial charge is 0.383 e. The summed E-state index contributed by atoms with van der Waals surface area (Å²) >= 11 is 1.38. The third-order valence-corrected chi connectivity index (χ3v) is 4.72. The average molecular weight is 366 g/mol. The van der Waals surface area contributed by atoms with Crippen LogP contribution in [0.2, 0.25) is 0 Å². The van der Waals surface area contributed by atoms with Gasteiger partial charge in [0.2, 0.25) is 5.91 Å². The predicted molar refractivity (Wildman–Crippen MR) is 102 cm³/mol. The Morgan fingerprint density at radius 2 is 2.15 bits per heavy atom. The molecule has 1 N–H and O–H groups in total.